The Morgan fingerprint density at radius 3 is 2.93 bits per heavy atom. The van der Waals surface area contributed by atoms with E-state index in [9.17, 15) is 4.79 Å². The molecule has 0 bridgehead atoms. The standard InChI is InChI=1S/C11H14O3S/c1-8(7-14-2)6-9(11(12)13)10-4-3-5-15-10/h3-6,8H,7H2,1-2H3,(H,12,13)/b9-6+. The number of carboxylic acid groups (broad SMARTS) is 1. The van der Waals surface area contributed by atoms with Crippen molar-refractivity contribution >= 4 is 22.9 Å². The minimum atomic E-state index is -0.889. The fourth-order valence-corrected chi connectivity index (χ4v) is 2.03. The number of thiophene rings is 1. The molecule has 0 radical (unpaired) electrons. The summed E-state index contributed by atoms with van der Waals surface area (Å²) in [7, 11) is 1.61. The lowest BCUT2D eigenvalue weighted by molar-refractivity contribution is -0.130. The van der Waals surface area contributed by atoms with Gasteiger partial charge in [-0.05, 0) is 17.4 Å². The van der Waals surface area contributed by atoms with Gasteiger partial charge in [-0.25, -0.2) is 4.79 Å². The first kappa shape index (κ1) is 11.9. The van der Waals surface area contributed by atoms with Crippen molar-refractivity contribution in [1.82, 2.24) is 0 Å². The van der Waals surface area contributed by atoms with Crippen LogP contribution in [-0.2, 0) is 9.53 Å². The van der Waals surface area contributed by atoms with Gasteiger partial charge in [-0.3, -0.25) is 0 Å². The lowest BCUT2D eigenvalue weighted by Gasteiger charge is -2.06. The van der Waals surface area contributed by atoms with Crippen LogP contribution in [0, 0.1) is 5.92 Å². The zero-order valence-corrected chi connectivity index (χ0v) is 9.58. The van der Waals surface area contributed by atoms with E-state index in [1.54, 1.807) is 13.2 Å². The summed E-state index contributed by atoms with van der Waals surface area (Å²) in [6, 6.07) is 3.65. The van der Waals surface area contributed by atoms with Crippen molar-refractivity contribution in [3.8, 4) is 0 Å². The summed E-state index contributed by atoms with van der Waals surface area (Å²) in [5.74, 6) is -0.788. The molecule has 1 aromatic heterocycles. The van der Waals surface area contributed by atoms with Crippen molar-refractivity contribution in [2.75, 3.05) is 13.7 Å². The van der Waals surface area contributed by atoms with Crippen LogP contribution in [0.25, 0.3) is 5.57 Å². The van der Waals surface area contributed by atoms with E-state index < -0.39 is 5.97 Å². The van der Waals surface area contributed by atoms with Crippen LogP contribution in [-0.4, -0.2) is 24.8 Å². The molecule has 0 aliphatic carbocycles. The molecule has 0 saturated heterocycles. The Labute approximate surface area is 93.0 Å². The van der Waals surface area contributed by atoms with Crippen molar-refractivity contribution in [2.45, 2.75) is 6.92 Å². The van der Waals surface area contributed by atoms with Gasteiger partial charge < -0.3 is 9.84 Å². The van der Waals surface area contributed by atoms with Gasteiger partial charge in [0.25, 0.3) is 0 Å². The molecule has 0 aliphatic rings. The van der Waals surface area contributed by atoms with Gasteiger partial charge in [0.1, 0.15) is 0 Å². The maximum atomic E-state index is 11.0. The second kappa shape index (κ2) is 5.68. The van der Waals surface area contributed by atoms with Gasteiger partial charge in [0.15, 0.2) is 0 Å². The van der Waals surface area contributed by atoms with Gasteiger partial charge >= 0.3 is 5.97 Å². The van der Waals surface area contributed by atoms with Crippen LogP contribution < -0.4 is 0 Å². The van der Waals surface area contributed by atoms with Crippen molar-refractivity contribution in [3.63, 3.8) is 0 Å². The second-order valence-corrected chi connectivity index (χ2v) is 4.24. The van der Waals surface area contributed by atoms with Crippen molar-refractivity contribution < 1.29 is 14.6 Å². The topological polar surface area (TPSA) is 46.5 Å². The minimum Gasteiger partial charge on any atom is -0.478 e. The van der Waals surface area contributed by atoms with Crippen molar-refractivity contribution in [3.05, 3.63) is 28.5 Å². The van der Waals surface area contributed by atoms with E-state index in [4.69, 9.17) is 9.84 Å². The number of hydrogen-bond donors (Lipinski definition) is 1. The Morgan fingerprint density at radius 1 is 1.73 bits per heavy atom. The van der Waals surface area contributed by atoms with Crippen LogP contribution in [0.2, 0.25) is 0 Å². The van der Waals surface area contributed by atoms with Crippen LogP contribution in [0.1, 0.15) is 11.8 Å². The number of hydrogen-bond acceptors (Lipinski definition) is 3. The van der Waals surface area contributed by atoms with Crippen molar-refractivity contribution in [1.29, 1.82) is 0 Å². The minimum absolute atomic E-state index is 0.100. The van der Waals surface area contributed by atoms with E-state index in [-0.39, 0.29) is 5.92 Å². The third-order valence-corrected chi connectivity index (χ3v) is 2.80. The summed E-state index contributed by atoms with van der Waals surface area (Å²) >= 11 is 1.43. The van der Waals surface area contributed by atoms with Gasteiger partial charge in [0.2, 0.25) is 0 Å². The Bertz CT molecular complexity index is 341. The smallest absolute Gasteiger partial charge is 0.336 e. The van der Waals surface area contributed by atoms with Crippen LogP contribution in [0.5, 0.6) is 0 Å². The third kappa shape index (κ3) is 3.49. The summed E-state index contributed by atoms with van der Waals surface area (Å²) in [5.41, 5.74) is 0.356. The molecule has 82 valence electrons. The molecule has 0 amide bonds. The maximum absolute atomic E-state index is 11.0. The van der Waals surface area contributed by atoms with Crippen LogP contribution >= 0.6 is 11.3 Å². The first-order valence-corrected chi connectivity index (χ1v) is 5.51. The SMILES string of the molecule is COCC(C)/C=C(/C(=O)O)c1cccs1. The van der Waals surface area contributed by atoms with Crippen LogP contribution in [0.4, 0.5) is 0 Å². The summed E-state index contributed by atoms with van der Waals surface area (Å²) in [6.45, 7) is 2.46. The largest absolute Gasteiger partial charge is 0.478 e. The molecule has 3 nitrogen and oxygen atoms in total. The molecule has 1 atom stereocenters. The summed E-state index contributed by atoms with van der Waals surface area (Å²) in [4.78, 5) is 11.8. The number of carboxylic acids is 1. The molecule has 4 heteroatoms. The van der Waals surface area contributed by atoms with E-state index >= 15 is 0 Å². The Morgan fingerprint density at radius 2 is 2.47 bits per heavy atom. The predicted octanol–water partition coefficient (Wildman–Crippen LogP) is 2.50. The monoisotopic (exact) mass is 226 g/mol. The molecule has 1 rings (SSSR count). The number of aliphatic carboxylic acids is 1. The quantitative estimate of drug-likeness (QED) is 0.785. The van der Waals surface area contributed by atoms with Crippen LogP contribution in [0.15, 0.2) is 23.6 Å². The average molecular weight is 226 g/mol. The van der Waals surface area contributed by atoms with Crippen molar-refractivity contribution in [2.24, 2.45) is 5.92 Å². The van der Waals surface area contributed by atoms with Gasteiger partial charge in [-0.1, -0.05) is 19.1 Å². The molecule has 15 heavy (non-hydrogen) atoms. The van der Waals surface area contributed by atoms with E-state index in [2.05, 4.69) is 0 Å². The molecule has 1 aromatic rings. The highest BCUT2D eigenvalue weighted by atomic mass is 32.1. The second-order valence-electron chi connectivity index (χ2n) is 3.30. The fourth-order valence-electron chi connectivity index (χ4n) is 1.29. The Kier molecular flexibility index (Phi) is 4.52. The zero-order valence-electron chi connectivity index (χ0n) is 8.77. The lowest BCUT2D eigenvalue weighted by atomic mass is 10.1. The maximum Gasteiger partial charge on any atom is 0.336 e. The molecular formula is C11H14O3S. The molecule has 1 unspecified atom stereocenters. The summed E-state index contributed by atoms with van der Waals surface area (Å²) < 4.78 is 4.97. The van der Waals surface area contributed by atoms with Crippen LogP contribution in [0.3, 0.4) is 0 Å². The van der Waals surface area contributed by atoms with Gasteiger partial charge in [0.05, 0.1) is 12.2 Å². The fraction of sp³-hybridized carbons (Fsp3) is 0.364. The highest BCUT2D eigenvalue weighted by Crippen LogP contribution is 2.22. The molecule has 0 aromatic carbocycles. The zero-order chi connectivity index (χ0) is 11.3. The highest BCUT2D eigenvalue weighted by Gasteiger charge is 2.12. The molecular weight excluding hydrogens is 212 g/mol. The first-order valence-electron chi connectivity index (χ1n) is 4.63. The van der Waals surface area contributed by atoms with Gasteiger partial charge in [0, 0.05) is 12.0 Å². The number of ether oxygens (including phenoxy) is 1. The van der Waals surface area contributed by atoms with E-state index in [1.165, 1.54) is 11.3 Å². The molecule has 1 N–H and O–H groups in total. The summed E-state index contributed by atoms with van der Waals surface area (Å²) in [5, 5.41) is 10.9. The molecule has 1 heterocycles. The van der Waals surface area contributed by atoms with E-state index in [0.717, 1.165) is 4.88 Å². The highest BCUT2D eigenvalue weighted by molar-refractivity contribution is 7.11. The predicted molar refractivity (Wildman–Crippen MR) is 61.0 cm³/mol. The first-order chi connectivity index (χ1) is 7.15. The average Bonchev–Trinajstić information content (AvgIpc) is 2.66. The Hall–Kier alpha value is -1.13. The molecule has 0 aliphatic heterocycles. The Balaban J connectivity index is 2.88. The van der Waals surface area contributed by atoms with E-state index in [0.29, 0.717) is 12.2 Å². The normalized spacial score (nSPS) is 13.9. The molecule has 0 spiro atoms. The molecule has 0 fully saturated rings. The number of methoxy groups -OCH3 is 1. The molecule has 0 saturated carbocycles. The van der Waals surface area contributed by atoms with Gasteiger partial charge in [-0.2, -0.15) is 0 Å². The summed E-state index contributed by atoms with van der Waals surface area (Å²) in [6.07, 6.45) is 1.73. The van der Waals surface area contributed by atoms with Gasteiger partial charge in [-0.15, -0.1) is 11.3 Å². The lowest BCUT2D eigenvalue weighted by Crippen LogP contribution is -2.05. The number of rotatable bonds is 5. The number of carbonyl (C=O) groups is 1. The van der Waals surface area contributed by atoms with E-state index in [1.807, 2.05) is 24.4 Å². The third-order valence-electron chi connectivity index (χ3n) is 1.90.